The average Bonchev–Trinajstić information content (AvgIpc) is 2.45. The fourth-order valence-corrected chi connectivity index (χ4v) is 3.36. The van der Waals surface area contributed by atoms with Crippen molar-refractivity contribution in [3.63, 3.8) is 0 Å². The lowest BCUT2D eigenvalue weighted by Gasteiger charge is -2.36. The SMILES string of the molecule is CCc1nc(C)c(C2(C(=O)O)CCC2)s1. The van der Waals surface area contributed by atoms with E-state index >= 15 is 0 Å². The Kier molecular flexibility index (Phi) is 2.54. The molecule has 1 aromatic rings. The second kappa shape index (κ2) is 3.59. The van der Waals surface area contributed by atoms with Crippen molar-refractivity contribution >= 4 is 17.3 Å². The van der Waals surface area contributed by atoms with Crippen molar-refractivity contribution in [1.29, 1.82) is 0 Å². The topological polar surface area (TPSA) is 50.2 Å². The van der Waals surface area contributed by atoms with Crippen LogP contribution in [0.5, 0.6) is 0 Å². The molecule has 1 fully saturated rings. The number of nitrogens with zero attached hydrogens (tertiary/aromatic N) is 1. The lowest BCUT2D eigenvalue weighted by atomic mass is 9.67. The molecule has 82 valence electrons. The van der Waals surface area contributed by atoms with Crippen LogP contribution < -0.4 is 0 Å². The molecule has 15 heavy (non-hydrogen) atoms. The van der Waals surface area contributed by atoms with E-state index in [0.717, 1.165) is 41.3 Å². The number of thiazole rings is 1. The van der Waals surface area contributed by atoms with Crippen LogP contribution in [-0.4, -0.2) is 16.1 Å². The molecule has 1 saturated carbocycles. The quantitative estimate of drug-likeness (QED) is 0.860. The van der Waals surface area contributed by atoms with Crippen molar-refractivity contribution in [3.05, 3.63) is 15.6 Å². The van der Waals surface area contributed by atoms with Gasteiger partial charge in [0.25, 0.3) is 0 Å². The monoisotopic (exact) mass is 225 g/mol. The minimum Gasteiger partial charge on any atom is -0.481 e. The number of aryl methyl sites for hydroxylation is 2. The molecule has 0 saturated heterocycles. The molecule has 0 spiro atoms. The Labute approximate surface area is 93.2 Å². The minimum absolute atomic E-state index is 0.602. The number of hydrogen-bond donors (Lipinski definition) is 1. The zero-order valence-electron chi connectivity index (χ0n) is 9.04. The summed E-state index contributed by atoms with van der Waals surface area (Å²) >= 11 is 1.58. The second-order valence-corrected chi connectivity index (χ2v) is 5.20. The molecule has 0 unspecified atom stereocenters. The first kappa shape index (κ1) is 10.6. The van der Waals surface area contributed by atoms with Gasteiger partial charge in [0.1, 0.15) is 5.41 Å². The first-order valence-electron chi connectivity index (χ1n) is 5.30. The Bertz CT molecular complexity index is 393. The molecule has 3 nitrogen and oxygen atoms in total. The van der Waals surface area contributed by atoms with Crippen molar-refractivity contribution < 1.29 is 9.90 Å². The third kappa shape index (κ3) is 1.47. The van der Waals surface area contributed by atoms with Gasteiger partial charge >= 0.3 is 5.97 Å². The van der Waals surface area contributed by atoms with Gasteiger partial charge in [-0.1, -0.05) is 13.3 Å². The first-order chi connectivity index (χ1) is 7.10. The van der Waals surface area contributed by atoms with Crippen LogP contribution in [0.4, 0.5) is 0 Å². The number of aromatic nitrogens is 1. The maximum Gasteiger partial charge on any atom is 0.315 e. The van der Waals surface area contributed by atoms with Gasteiger partial charge in [-0.05, 0) is 26.2 Å². The van der Waals surface area contributed by atoms with Gasteiger partial charge in [0.05, 0.1) is 10.7 Å². The summed E-state index contributed by atoms with van der Waals surface area (Å²) in [5.74, 6) is -0.678. The Morgan fingerprint density at radius 3 is 2.60 bits per heavy atom. The van der Waals surface area contributed by atoms with Gasteiger partial charge in [-0.15, -0.1) is 11.3 Å². The molecule has 2 rings (SSSR count). The molecule has 0 radical (unpaired) electrons. The third-order valence-electron chi connectivity index (χ3n) is 3.19. The standard InChI is InChI=1S/C11H15NO2S/c1-3-8-12-7(2)9(15-8)11(10(13)14)5-4-6-11/h3-6H2,1-2H3,(H,13,14). The molecule has 0 amide bonds. The van der Waals surface area contributed by atoms with Gasteiger partial charge in [0.15, 0.2) is 0 Å². The molecule has 0 aliphatic heterocycles. The van der Waals surface area contributed by atoms with Crippen LogP contribution in [0, 0.1) is 6.92 Å². The number of carboxylic acid groups (broad SMARTS) is 1. The van der Waals surface area contributed by atoms with E-state index in [4.69, 9.17) is 0 Å². The summed E-state index contributed by atoms with van der Waals surface area (Å²) < 4.78 is 0. The predicted octanol–water partition coefficient (Wildman–Crippen LogP) is 2.52. The fourth-order valence-electron chi connectivity index (χ4n) is 2.12. The summed E-state index contributed by atoms with van der Waals surface area (Å²) in [5, 5.41) is 10.4. The van der Waals surface area contributed by atoms with Gasteiger partial charge in [-0.3, -0.25) is 4.79 Å². The van der Waals surface area contributed by atoms with E-state index in [1.54, 1.807) is 11.3 Å². The van der Waals surface area contributed by atoms with Crippen LogP contribution in [0.1, 0.15) is 41.8 Å². The Balaban J connectivity index is 2.42. The van der Waals surface area contributed by atoms with Gasteiger partial charge in [0, 0.05) is 4.88 Å². The van der Waals surface area contributed by atoms with Crippen molar-refractivity contribution in [2.24, 2.45) is 0 Å². The average molecular weight is 225 g/mol. The largest absolute Gasteiger partial charge is 0.481 e. The van der Waals surface area contributed by atoms with Crippen molar-refractivity contribution in [2.75, 3.05) is 0 Å². The summed E-state index contributed by atoms with van der Waals surface area (Å²) in [6.07, 6.45) is 3.45. The summed E-state index contributed by atoms with van der Waals surface area (Å²) in [5.41, 5.74) is 0.314. The van der Waals surface area contributed by atoms with E-state index < -0.39 is 11.4 Å². The molecule has 1 heterocycles. The molecular formula is C11H15NO2S. The highest BCUT2D eigenvalue weighted by atomic mass is 32.1. The van der Waals surface area contributed by atoms with E-state index in [0.29, 0.717) is 0 Å². The summed E-state index contributed by atoms with van der Waals surface area (Å²) in [6, 6.07) is 0. The van der Waals surface area contributed by atoms with Gasteiger partial charge in [0.2, 0.25) is 0 Å². The second-order valence-electron chi connectivity index (χ2n) is 4.12. The minimum atomic E-state index is -0.678. The highest BCUT2D eigenvalue weighted by molar-refractivity contribution is 7.12. The molecule has 0 bridgehead atoms. The summed E-state index contributed by atoms with van der Waals surface area (Å²) in [6.45, 7) is 3.98. The molecule has 1 aliphatic carbocycles. The molecule has 1 N–H and O–H groups in total. The number of rotatable bonds is 3. The van der Waals surface area contributed by atoms with Crippen molar-refractivity contribution in [2.45, 2.75) is 44.9 Å². The van der Waals surface area contributed by atoms with Gasteiger partial charge in [-0.25, -0.2) is 4.98 Å². The smallest absolute Gasteiger partial charge is 0.315 e. The van der Waals surface area contributed by atoms with E-state index in [1.165, 1.54) is 0 Å². The fraction of sp³-hybridized carbons (Fsp3) is 0.636. The number of carbonyl (C=O) groups is 1. The molecule has 0 aromatic carbocycles. The maximum atomic E-state index is 11.3. The van der Waals surface area contributed by atoms with Gasteiger partial charge in [-0.2, -0.15) is 0 Å². The van der Waals surface area contributed by atoms with Crippen molar-refractivity contribution in [1.82, 2.24) is 4.98 Å². The number of carboxylic acids is 1. The van der Waals surface area contributed by atoms with Crippen LogP contribution in [0.2, 0.25) is 0 Å². The zero-order valence-corrected chi connectivity index (χ0v) is 9.86. The van der Waals surface area contributed by atoms with E-state index in [1.807, 2.05) is 6.92 Å². The van der Waals surface area contributed by atoms with Crippen LogP contribution in [-0.2, 0) is 16.6 Å². The Morgan fingerprint density at radius 1 is 1.60 bits per heavy atom. The van der Waals surface area contributed by atoms with Crippen LogP contribution >= 0.6 is 11.3 Å². The molecule has 4 heteroatoms. The van der Waals surface area contributed by atoms with E-state index in [-0.39, 0.29) is 0 Å². The van der Waals surface area contributed by atoms with Crippen molar-refractivity contribution in [3.8, 4) is 0 Å². The third-order valence-corrected chi connectivity index (χ3v) is 4.70. The summed E-state index contributed by atoms with van der Waals surface area (Å²) in [4.78, 5) is 16.7. The highest BCUT2D eigenvalue weighted by Gasteiger charge is 2.48. The van der Waals surface area contributed by atoms with E-state index in [2.05, 4.69) is 11.9 Å². The van der Waals surface area contributed by atoms with Crippen LogP contribution in [0.3, 0.4) is 0 Å². The number of hydrogen-bond acceptors (Lipinski definition) is 3. The normalized spacial score (nSPS) is 18.5. The highest BCUT2D eigenvalue weighted by Crippen LogP contribution is 2.47. The predicted molar refractivity (Wildman–Crippen MR) is 59.4 cm³/mol. The van der Waals surface area contributed by atoms with E-state index in [9.17, 15) is 9.90 Å². The Morgan fingerprint density at radius 2 is 2.27 bits per heavy atom. The summed E-state index contributed by atoms with van der Waals surface area (Å²) in [7, 11) is 0. The molecule has 1 aromatic heterocycles. The zero-order chi connectivity index (χ0) is 11.1. The Hall–Kier alpha value is -0.900. The molecule has 0 atom stereocenters. The van der Waals surface area contributed by atoms with Crippen LogP contribution in [0.25, 0.3) is 0 Å². The molecular weight excluding hydrogens is 210 g/mol. The lowest BCUT2D eigenvalue weighted by Crippen LogP contribution is -2.42. The number of aliphatic carboxylic acids is 1. The first-order valence-corrected chi connectivity index (χ1v) is 6.12. The lowest BCUT2D eigenvalue weighted by molar-refractivity contribution is -0.147. The van der Waals surface area contributed by atoms with Crippen LogP contribution in [0.15, 0.2) is 0 Å². The van der Waals surface area contributed by atoms with Gasteiger partial charge < -0.3 is 5.11 Å². The maximum absolute atomic E-state index is 11.3. The molecule has 1 aliphatic rings.